The topological polar surface area (TPSA) is 57.3 Å². The summed E-state index contributed by atoms with van der Waals surface area (Å²) in [5.74, 6) is 0.362. The Morgan fingerprint density at radius 2 is 2.18 bits per heavy atom. The Bertz CT molecular complexity index is 431. The van der Waals surface area contributed by atoms with Gasteiger partial charge in [-0.25, -0.2) is 4.79 Å². The van der Waals surface area contributed by atoms with Gasteiger partial charge in [0.1, 0.15) is 5.69 Å². The van der Waals surface area contributed by atoms with Crippen LogP contribution in [0.2, 0.25) is 0 Å². The highest BCUT2D eigenvalue weighted by molar-refractivity contribution is 5.89. The molecule has 2 saturated carbocycles. The summed E-state index contributed by atoms with van der Waals surface area (Å²) in [6.45, 7) is 0.564. The van der Waals surface area contributed by atoms with Crippen molar-refractivity contribution in [1.29, 1.82) is 0 Å². The maximum Gasteiger partial charge on any atom is 0.355 e. The van der Waals surface area contributed by atoms with E-state index < -0.39 is 0 Å². The first-order chi connectivity index (χ1) is 8.24. The lowest BCUT2D eigenvalue weighted by atomic mass is 9.86. The third kappa shape index (κ3) is 2.16. The zero-order chi connectivity index (χ0) is 11.8. The van der Waals surface area contributed by atoms with E-state index >= 15 is 0 Å². The van der Waals surface area contributed by atoms with Crippen molar-refractivity contribution in [2.24, 2.45) is 5.92 Å². The smallest absolute Gasteiger partial charge is 0.355 e. The predicted octanol–water partition coefficient (Wildman–Crippen LogP) is 2.36. The molecule has 0 aliphatic heterocycles. The third-order valence-electron chi connectivity index (χ3n) is 3.69. The molecule has 0 aromatic carbocycles. The lowest BCUT2D eigenvalue weighted by molar-refractivity contribution is 0.0359. The van der Waals surface area contributed by atoms with Gasteiger partial charge in [-0.3, -0.25) is 0 Å². The fourth-order valence-corrected chi connectivity index (χ4v) is 2.25. The van der Waals surface area contributed by atoms with Gasteiger partial charge in [-0.15, -0.1) is 0 Å². The molecule has 1 heterocycles. The molecule has 4 nitrogen and oxygen atoms in total. The minimum atomic E-state index is -0.222. The number of nitrogens with two attached hydrogens (primary N) is 1. The average molecular weight is 234 g/mol. The average Bonchev–Trinajstić information content (AvgIpc) is 2.99. The van der Waals surface area contributed by atoms with E-state index in [0.717, 1.165) is 12.8 Å². The standard InChI is InChI=1S/C13H18N2O2/c14-10-6-12(15(7-10)11-4-5-11)13(16)17-8-9-2-1-3-9/h6-7,9,11H,1-5,8,14H2. The molecule has 0 unspecified atom stereocenters. The Kier molecular flexibility index (Phi) is 2.57. The van der Waals surface area contributed by atoms with Crippen LogP contribution in [0.1, 0.15) is 48.6 Å². The molecule has 1 aromatic heterocycles. The zero-order valence-corrected chi connectivity index (χ0v) is 9.89. The predicted molar refractivity (Wildman–Crippen MR) is 64.7 cm³/mol. The van der Waals surface area contributed by atoms with Gasteiger partial charge >= 0.3 is 5.97 Å². The van der Waals surface area contributed by atoms with Gasteiger partial charge in [0, 0.05) is 12.2 Å². The monoisotopic (exact) mass is 234 g/mol. The van der Waals surface area contributed by atoms with Crippen LogP contribution in [0.15, 0.2) is 12.3 Å². The SMILES string of the molecule is Nc1cc(C(=O)OCC2CCC2)n(C2CC2)c1. The molecule has 0 spiro atoms. The van der Waals surface area contributed by atoms with Gasteiger partial charge in [0.05, 0.1) is 12.3 Å². The number of aromatic nitrogens is 1. The third-order valence-corrected chi connectivity index (χ3v) is 3.69. The first-order valence-electron chi connectivity index (χ1n) is 6.38. The second-order valence-electron chi connectivity index (χ2n) is 5.19. The van der Waals surface area contributed by atoms with Gasteiger partial charge in [0.2, 0.25) is 0 Å². The molecule has 0 radical (unpaired) electrons. The Morgan fingerprint density at radius 1 is 1.41 bits per heavy atom. The maximum absolute atomic E-state index is 12.0. The summed E-state index contributed by atoms with van der Waals surface area (Å²) >= 11 is 0. The molecule has 0 amide bonds. The largest absolute Gasteiger partial charge is 0.461 e. The molecule has 92 valence electrons. The number of anilines is 1. The van der Waals surface area contributed by atoms with Gasteiger partial charge in [0.25, 0.3) is 0 Å². The lowest BCUT2D eigenvalue weighted by Crippen LogP contribution is -2.21. The Labute approximate surface area is 101 Å². The Morgan fingerprint density at radius 3 is 2.76 bits per heavy atom. The summed E-state index contributed by atoms with van der Waals surface area (Å²) in [6.07, 6.45) is 7.78. The summed E-state index contributed by atoms with van der Waals surface area (Å²) in [5, 5.41) is 0. The molecule has 2 fully saturated rings. The highest BCUT2D eigenvalue weighted by atomic mass is 16.5. The highest BCUT2D eigenvalue weighted by Gasteiger charge is 2.29. The number of carbonyl (C=O) groups is 1. The fraction of sp³-hybridized carbons (Fsp3) is 0.615. The number of esters is 1. The molecule has 3 rings (SSSR count). The van der Waals surface area contributed by atoms with Crippen molar-refractivity contribution in [2.45, 2.75) is 38.1 Å². The number of nitrogens with zero attached hydrogens (tertiary/aromatic N) is 1. The van der Waals surface area contributed by atoms with E-state index in [4.69, 9.17) is 10.5 Å². The number of ether oxygens (including phenoxy) is 1. The molecule has 0 saturated heterocycles. The molecule has 1 aromatic rings. The van der Waals surface area contributed by atoms with Crippen molar-refractivity contribution in [2.75, 3.05) is 12.3 Å². The van der Waals surface area contributed by atoms with Crippen LogP contribution in [0, 0.1) is 5.92 Å². The number of hydrogen-bond donors (Lipinski definition) is 1. The minimum Gasteiger partial charge on any atom is -0.461 e. The van der Waals surface area contributed by atoms with E-state index in [1.165, 1.54) is 19.3 Å². The van der Waals surface area contributed by atoms with E-state index in [9.17, 15) is 4.79 Å². The second kappa shape index (κ2) is 4.09. The van der Waals surface area contributed by atoms with Crippen molar-refractivity contribution >= 4 is 11.7 Å². The number of carbonyl (C=O) groups excluding carboxylic acids is 1. The van der Waals surface area contributed by atoms with Crippen LogP contribution < -0.4 is 5.73 Å². The molecule has 0 atom stereocenters. The molecule has 2 aliphatic carbocycles. The van der Waals surface area contributed by atoms with Crippen LogP contribution in [0.5, 0.6) is 0 Å². The normalized spacial score (nSPS) is 20.0. The van der Waals surface area contributed by atoms with E-state index in [2.05, 4.69) is 0 Å². The summed E-state index contributed by atoms with van der Waals surface area (Å²) in [4.78, 5) is 12.0. The van der Waals surface area contributed by atoms with E-state index in [1.807, 2.05) is 10.8 Å². The van der Waals surface area contributed by atoms with Crippen molar-refractivity contribution in [3.63, 3.8) is 0 Å². The lowest BCUT2D eigenvalue weighted by Gasteiger charge is -2.24. The van der Waals surface area contributed by atoms with Gasteiger partial charge in [-0.1, -0.05) is 6.42 Å². The fourth-order valence-electron chi connectivity index (χ4n) is 2.25. The molecule has 17 heavy (non-hydrogen) atoms. The first-order valence-corrected chi connectivity index (χ1v) is 6.38. The van der Waals surface area contributed by atoms with Gasteiger partial charge < -0.3 is 15.0 Å². The molecule has 4 heteroatoms. The first kappa shape index (κ1) is 10.7. The van der Waals surface area contributed by atoms with Gasteiger partial charge in [-0.05, 0) is 37.7 Å². The van der Waals surface area contributed by atoms with Crippen molar-refractivity contribution in [3.05, 3.63) is 18.0 Å². The van der Waals surface area contributed by atoms with Crippen LogP contribution in [0.4, 0.5) is 5.69 Å². The molecular formula is C13H18N2O2. The summed E-state index contributed by atoms with van der Waals surface area (Å²) < 4.78 is 7.32. The summed E-state index contributed by atoms with van der Waals surface area (Å²) in [5.41, 5.74) is 7.01. The van der Waals surface area contributed by atoms with Crippen LogP contribution in [-0.4, -0.2) is 17.1 Å². The van der Waals surface area contributed by atoms with Crippen LogP contribution in [0.3, 0.4) is 0 Å². The highest BCUT2D eigenvalue weighted by Crippen LogP contribution is 2.37. The number of nitrogen functional groups attached to an aromatic ring is 1. The van der Waals surface area contributed by atoms with Crippen molar-refractivity contribution < 1.29 is 9.53 Å². The van der Waals surface area contributed by atoms with Crippen molar-refractivity contribution in [3.8, 4) is 0 Å². The molecule has 2 N–H and O–H groups in total. The van der Waals surface area contributed by atoms with Crippen LogP contribution in [0.25, 0.3) is 0 Å². The Hall–Kier alpha value is -1.45. The summed E-state index contributed by atoms with van der Waals surface area (Å²) in [6, 6.07) is 2.18. The maximum atomic E-state index is 12.0. The molecule has 0 bridgehead atoms. The molecule has 2 aliphatic rings. The Balaban J connectivity index is 1.66. The van der Waals surface area contributed by atoms with Gasteiger partial charge in [-0.2, -0.15) is 0 Å². The van der Waals surface area contributed by atoms with E-state index in [0.29, 0.717) is 29.9 Å². The van der Waals surface area contributed by atoms with Crippen molar-refractivity contribution in [1.82, 2.24) is 4.57 Å². The van der Waals surface area contributed by atoms with Crippen LogP contribution in [-0.2, 0) is 4.74 Å². The minimum absolute atomic E-state index is 0.222. The van der Waals surface area contributed by atoms with E-state index in [1.54, 1.807) is 6.07 Å². The summed E-state index contributed by atoms with van der Waals surface area (Å²) in [7, 11) is 0. The number of hydrogen-bond acceptors (Lipinski definition) is 3. The van der Waals surface area contributed by atoms with Gasteiger partial charge in [0.15, 0.2) is 0 Å². The van der Waals surface area contributed by atoms with Crippen LogP contribution >= 0.6 is 0 Å². The molecular weight excluding hydrogens is 216 g/mol. The second-order valence-corrected chi connectivity index (χ2v) is 5.19. The zero-order valence-electron chi connectivity index (χ0n) is 9.89. The van der Waals surface area contributed by atoms with E-state index in [-0.39, 0.29) is 5.97 Å². The quantitative estimate of drug-likeness (QED) is 0.814. The number of rotatable bonds is 4.